The average molecular weight is 605 g/mol. The van der Waals surface area contributed by atoms with Crippen LogP contribution in [0.15, 0.2) is 46.4 Å². The van der Waals surface area contributed by atoms with Gasteiger partial charge < -0.3 is 9.47 Å². The molecule has 0 atom stereocenters. The molecule has 0 radical (unpaired) electrons. The summed E-state index contributed by atoms with van der Waals surface area (Å²) in [5.74, 6) is 1.68. The van der Waals surface area contributed by atoms with E-state index in [0.29, 0.717) is 33.8 Å². The Morgan fingerprint density at radius 2 is 1.70 bits per heavy atom. The molecule has 1 aliphatic heterocycles. The minimum atomic E-state index is -0.772. The van der Waals surface area contributed by atoms with E-state index < -0.39 is 17.8 Å². The predicted molar refractivity (Wildman–Crippen MR) is 152 cm³/mol. The van der Waals surface area contributed by atoms with Crippen LogP contribution in [-0.2, 0) is 15.0 Å². The van der Waals surface area contributed by atoms with Crippen LogP contribution in [0.2, 0.25) is 0 Å². The molecule has 4 bridgehead atoms. The standard InChI is InChI=1S/C31H30BrN3O5/c1-2-39-26-14-18(13-25(32)27(26)40-8-7-33)12-24-28(36)34-30(38)35(29(24)37)23-5-3-22(4-6-23)31-15-19-9-20(16-31)11-21(10-19)17-31/h3-6,12-14,19-21H,2,8-11,15-17H2,1H3,(H,34,36,38)/b24-12+. The van der Waals surface area contributed by atoms with Gasteiger partial charge in [0.15, 0.2) is 18.1 Å². The van der Waals surface area contributed by atoms with E-state index in [2.05, 4.69) is 33.4 Å². The van der Waals surface area contributed by atoms with Gasteiger partial charge in [-0.25, -0.2) is 9.69 Å². The van der Waals surface area contributed by atoms with Gasteiger partial charge in [0.2, 0.25) is 0 Å². The Labute approximate surface area is 241 Å². The number of hydrogen-bond donors (Lipinski definition) is 1. The lowest BCUT2D eigenvalue weighted by Gasteiger charge is -2.57. The molecule has 4 saturated carbocycles. The van der Waals surface area contributed by atoms with Crippen molar-refractivity contribution in [2.24, 2.45) is 17.8 Å². The number of nitriles is 1. The maximum Gasteiger partial charge on any atom is 0.335 e. The fraction of sp³-hybridized carbons (Fsp3) is 0.419. The maximum absolute atomic E-state index is 13.5. The van der Waals surface area contributed by atoms with Crippen LogP contribution in [0, 0.1) is 29.1 Å². The van der Waals surface area contributed by atoms with Crippen LogP contribution in [0.5, 0.6) is 11.5 Å². The Kier molecular flexibility index (Phi) is 6.91. The second-order valence-corrected chi connectivity index (χ2v) is 12.3. The quantitative estimate of drug-likeness (QED) is 0.312. The van der Waals surface area contributed by atoms with Crippen LogP contribution in [0.3, 0.4) is 0 Å². The zero-order valence-corrected chi connectivity index (χ0v) is 23.8. The van der Waals surface area contributed by atoms with E-state index in [0.717, 1.165) is 22.7 Å². The third kappa shape index (κ3) is 4.68. The number of rotatable bonds is 7. The first-order valence-corrected chi connectivity index (χ1v) is 14.6. The highest BCUT2D eigenvalue weighted by molar-refractivity contribution is 9.10. The Hall–Kier alpha value is -3.64. The summed E-state index contributed by atoms with van der Waals surface area (Å²) in [5, 5.41) is 11.2. The van der Waals surface area contributed by atoms with E-state index in [1.165, 1.54) is 50.2 Å². The normalized spacial score (nSPS) is 28.0. The number of nitrogens with zero attached hydrogens (tertiary/aromatic N) is 2. The summed E-state index contributed by atoms with van der Waals surface area (Å²) in [4.78, 5) is 40.1. The third-order valence-electron chi connectivity index (χ3n) is 8.80. The van der Waals surface area contributed by atoms with Gasteiger partial charge in [0.25, 0.3) is 11.8 Å². The lowest BCUT2D eigenvalue weighted by atomic mass is 9.48. The summed E-state index contributed by atoms with van der Waals surface area (Å²) >= 11 is 3.42. The van der Waals surface area contributed by atoms with E-state index >= 15 is 0 Å². The molecule has 8 nitrogen and oxygen atoms in total. The first kappa shape index (κ1) is 26.6. The van der Waals surface area contributed by atoms with Crippen molar-refractivity contribution >= 4 is 45.5 Å². The first-order chi connectivity index (χ1) is 19.3. The van der Waals surface area contributed by atoms with Crippen LogP contribution in [0.1, 0.15) is 56.6 Å². The molecule has 0 aromatic heterocycles. The highest BCUT2D eigenvalue weighted by Crippen LogP contribution is 2.60. The summed E-state index contributed by atoms with van der Waals surface area (Å²) in [6, 6.07) is 12.2. The van der Waals surface area contributed by atoms with Crippen LogP contribution in [-0.4, -0.2) is 31.1 Å². The number of amides is 4. The number of anilines is 1. The van der Waals surface area contributed by atoms with Gasteiger partial charge in [0, 0.05) is 0 Å². The monoisotopic (exact) mass is 603 g/mol. The predicted octanol–water partition coefficient (Wildman–Crippen LogP) is 5.88. The number of ether oxygens (including phenoxy) is 2. The Morgan fingerprint density at radius 3 is 2.30 bits per heavy atom. The van der Waals surface area contributed by atoms with Crippen LogP contribution in [0.4, 0.5) is 10.5 Å². The van der Waals surface area contributed by atoms with E-state index in [4.69, 9.17) is 14.7 Å². The number of imide groups is 2. The molecule has 2 aromatic carbocycles. The third-order valence-corrected chi connectivity index (χ3v) is 9.39. The van der Waals surface area contributed by atoms with E-state index in [9.17, 15) is 14.4 Å². The van der Waals surface area contributed by atoms with Crippen LogP contribution < -0.4 is 19.7 Å². The molecule has 0 spiro atoms. The molecule has 1 N–H and O–H groups in total. The molecule has 40 heavy (non-hydrogen) atoms. The van der Waals surface area contributed by atoms with E-state index in [-0.39, 0.29) is 17.6 Å². The lowest BCUT2D eigenvalue weighted by Crippen LogP contribution is -2.54. The maximum atomic E-state index is 13.5. The SMILES string of the molecule is CCOc1cc(/C=C2\C(=O)NC(=O)N(c3ccc(C45CC6CC(CC(C6)C4)C5)cc3)C2=O)cc(Br)c1OCC#N. The zero-order chi connectivity index (χ0) is 28.0. The van der Waals surface area contributed by atoms with Gasteiger partial charge in [-0.15, -0.1) is 0 Å². The number of nitrogens with one attached hydrogen (secondary N) is 1. The number of benzene rings is 2. The van der Waals surface area contributed by atoms with Crippen molar-refractivity contribution in [3.05, 3.63) is 57.6 Å². The Morgan fingerprint density at radius 1 is 1.05 bits per heavy atom. The molecule has 0 unspecified atom stereocenters. The summed E-state index contributed by atoms with van der Waals surface area (Å²) in [7, 11) is 0. The number of carbonyl (C=O) groups excluding carboxylic acids is 3. The van der Waals surface area contributed by atoms with Crippen molar-refractivity contribution in [2.45, 2.75) is 50.9 Å². The molecular formula is C31H30BrN3O5. The zero-order valence-electron chi connectivity index (χ0n) is 22.2. The number of barbiturate groups is 1. The molecule has 5 fully saturated rings. The van der Waals surface area contributed by atoms with Gasteiger partial charge in [0.1, 0.15) is 11.6 Å². The van der Waals surface area contributed by atoms with Crippen molar-refractivity contribution < 1.29 is 23.9 Å². The average Bonchev–Trinajstić information content (AvgIpc) is 2.90. The van der Waals surface area contributed by atoms with E-state index in [1.54, 1.807) is 12.1 Å². The minimum Gasteiger partial charge on any atom is -0.490 e. The fourth-order valence-corrected chi connectivity index (χ4v) is 8.24. The molecule has 4 aliphatic carbocycles. The van der Waals surface area contributed by atoms with Crippen LogP contribution >= 0.6 is 15.9 Å². The van der Waals surface area contributed by atoms with Crippen molar-refractivity contribution in [2.75, 3.05) is 18.1 Å². The Bertz CT molecular complexity index is 1420. The van der Waals surface area contributed by atoms with Gasteiger partial charge in [-0.1, -0.05) is 12.1 Å². The number of carbonyl (C=O) groups is 3. The van der Waals surface area contributed by atoms with Gasteiger partial charge in [-0.2, -0.15) is 5.26 Å². The summed E-state index contributed by atoms with van der Waals surface area (Å²) in [6.07, 6.45) is 9.18. The van der Waals surface area contributed by atoms with Gasteiger partial charge in [-0.05, 0) is 126 Å². The second-order valence-electron chi connectivity index (χ2n) is 11.4. The smallest absolute Gasteiger partial charge is 0.335 e. The Balaban J connectivity index is 1.28. The van der Waals surface area contributed by atoms with Gasteiger partial charge in [0.05, 0.1) is 16.8 Å². The molecule has 206 valence electrons. The molecular weight excluding hydrogens is 574 g/mol. The number of urea groups is 1. The minimum absolute atomic E-state index is 0.168. The molecule has 1 saturated heterocycles. The first-order valence-electron chi connectivity index (χ1n) is 13.8. The number of hydrogen-bond acceptors (Lipinski definition) is 6. The summed E-state index contributed by atoms with van der Waals surface area (Å²) < 4.78 is 11.6. The highest BCUT2D eigenvalue weighted by Gasteiger charge is 2.51. The molecule has 7 rings (SSSR count). The topological polar surface area (TPSA) is 109 Å². The van der Waals surface area contributed by atoms with Crippen molar-refractivity contribution in [3.63, 3.8) is 0 Å². The molecule has 5 aliphatic rings. The summed E-state index contributed by atoms with van der Waals surface area (Å²) in [5.41, 5.74) is 2.23. The van der Waals surface area contributed by atoms with Crippen LogP contribution in [0.25, 0.3) is 6.08 Å². The van der Waals surface area contributed by atoms with Gasteiger partial charge in [-0.3, -0.25) is 14.9 Å². The highest BCUT2D eigenvalue weighted by atomic mass is 79.9. The van der Waals surface area contributed by atoms with E-state index in [1.807, 2.05) is 25.1 Å². The lowest BCUT2D eigenvalue weighted by molar-refractivity contribution is -0.122. The van der Waals surface area contributed by atoms with Crippen molar-refractivity contribution in [1.29, 1.82) is 5.26 Å². The fourth-order valence-electron chi connectivity index (χ4n) is 7.67. The molecule has 1 heterocycles. The van der Waals surface area contributed by atoms with Crippen molar-refractivity contribution in [3.8, 4) is 17.6 Å². The van der Waals surface area contributed by atoms with Crippen molar-refractivity contribution in [1.82, 2.24) is 5.32 Å². The molecule has 2 aromatic rings. The molecule has 9 heteroatoms. The van der Waals surface area contributed by atoms with Gasteiger partial charge >= 0.3 is 6.03 Å². The number of halogens is 1. The molecule has 4 amide bonds. The largest absolute Gasteiger partial charge is 0.490 e. The summed E-state index contributed by atoms with van der Waals surface area (Å²) in [6.45, 7) is 1.98. The second kappa shape index (κ2) is 10.4.